The molecular formula is C21H35N3O2. The zero-order chi connectivity index (χ0) is 19.2. The molecular weight excluding hydrogens is 326 g/mol. The molecule has 0 aromatic carbocycles. The molecule has 0 saturated carbocycles. The van der Waals surface area contributed by atoms with Crippen LogP contribution in [0.25, 0.3) is 0 Å². The molecule has 2 heterocycles. The molecule has 26 heavy (non-hydrogen) atoms. The minimum absolute atomic E-state index is 0.329. The summed E-state index contributed by atoms with van der Waals surface area (Å²) >= 11 is 0. The van der Waals surface area contributed by atoms with E-state index in [1.807, 2.05) is 33.0 Å². The van der Waals surface area contributed by atoms with E-state index >= 15 is 0 Å². The molecule has 5 heteroatoms. The number of ether oxygens (including phenoxy) is 1. The highest BCUT2D eigenvalue weighted by Crippen LogP contribution is 2.31. The van der Waals surface area contributed by atoms with Gasteiger partial charge in [0.1, 0.15) is 11.4 Å². The van der Waals surface area contributed by atoms with Gasteiger partial charge in [0.15, 0.2) is 0 Å². The highest BCUT2D eigenvalue weighted by Gasteiger charge is 2.26. The number of anilines is 1. The summed E-state index contributed by atoms with van der Waals surface area (Å²) in [4.78, 5) is 21.4. The molecule has 1 aromatic rings. The normalized spacial score (nSPS) is 18.6. The first kappa shape index (κ1) is 20.7. The van der Waals surface area contributed by atoms with Crippen molar-refractivity contribution < 1.29 is 9.53 Å². The number of hydrogen-bond acceptors (Lipinski definition) is 4. The van der Waals surface area contributed by atoms with Gasteiger partial charge < -0.3 is 4.74 Å². The van der Waals surface area contributed by atoms with E-state index in [0.29, 0.717) is 18.4 Å². The number of amides is 1. The Bertz CT molecular complexity index is 564. The molecule has 5 nitrogen and oxygen atoms in total. The fourth-order valence-electron chi connectivity index (χ4n) is 3.52. The molecule has 1 amide bonds. The van der Waals surface area contributed by atoms with Crippen LogP contribution in [0.2, 0.25) is 0 Å². The Labute approximate surface area is 158 Å². The standard InChI is InChI=1S/C21H35N3O2/c1-6-13-23-15-9-8-10-18(23)17-11-12-19(22-16-17)24(14-7-2)20(25)26-21(3,4)5/h11-12,16,18H,6-10,13-15H2,1-5H3/t18-/m0/s1. The van der Waals surface area contributed by atoms with Gasteiger partial charge in [-0.15, -0.1) is 0 Å². The predicted molar refractivity (Wildman–Crippen MR) is 107 cm³/mol. The summed E-state index contributed by atoms with van der Waals surface area (Å²) in [6, 6.07) is 4.55. The van der Waals surface area contributed by atoms with Crippen LogP contribution in [0.15, 0.2) is 18.3 Å². The van der Waals surface area contributed by atoms with Crippen LogP contribution in [0, 0.1) is 0 Å². The molecule has 1 aliphatic rings. The number of rotatable bonds is 6. The number of piperidine rings is 1. The van der Waals surface area contributed by atoms with Gasteiger partial charge in [-0.25, -0.2) is 9.78 Å². The second-order valence-electron chi connectivity index (χ2n) is 8.13. The summed E-state index contributed by atoms with van der Waals surface area (Å²) in [6.07, 6.45) is 7.38. The maximum atomic E-state index is 12.5. The van der Waals surface area contributed by atoms with Crippen molar-refractivity contribution in [3.05, 3.63) is 23.9 Å². The summed E-state index contributed by atoms with van der Waals surface area (Å²) in [6.45, 7) is 12.8. The first-order valence-electron chi connectivity index (χ1n) is 10.1. The van der Waals surface area contributed by atoms with Crippen molar-refractivity contribution in [2.24, 2.45) is 0 Å². The van der Waals surface area contributed by atoms with Gasteiger partial charge in [-0.1, -0.05) is 26.3 Å². The van der Waals surface area contributed by atoms with Crippen molar-refractivity contribution in [2.45, 2.75) is 78.4 Å². The lowest BCUT2D eigenvalue weighted by Crippen LogP contribution is -2.38. The Morgan fingerprint density at radius 3 is 2.62 bits per heavy atom. The van der Waals surface area contributed by atoms with E-state index in [-0.39, 0.29) is 6.09 Å². The lowest BCUT2D eigenvalue weighted by Gasteiger charge is -2.35. The van der Waals surface area contributed by atoms with Crippen molar-refractivity contribution in [2.75, 3.05) is 24.5 Å². The average Bonchev–Trinajstić information content (AvgIpc) is 2.59. The fourth-order valence-corrected chi connectivity index (χ4v) is 3.52. The number of pyridine rings is 1. The van der Waals surface area contributed by atoms with Crippen molar-refractivity contribution in [1.82, 2.24) is 9.88 Å². The van der Waals surface area contributed by atoms with E-state index in [0.717, 1.165) is 13.0 Å². The topological polar surface area (TPSA) is 45.7 Å². The van der Waals surface area contributed by atoms with Crippen molar-refractivity contribution >= 4 is 11.9 Å². The van der Waals surface area contributed by atoms with E-state index in [1.165, 1.54) is 37.8 Å². The summed E-state index contributed by atoms with van der Waals surface area (Å²) < 4.78 is 5.54. The quantitative estimate of drug-likeness (QED) is 0.701. The third-order valence-corrected chi connectivity index (χ3v) is 4.62. The number of hydrogen-bond donors (Lipinski definition) is 0. The van der Waals surface area contributed by atoms with E-state index in [9.17, 15) is 4.79 Å². The van der Waals surface area contributed by atoms with E-state index < -0.39 is 5.60 Å². The molecule has 1 saturated heterocycles. The van der Waals surface area contributed by atoms with Crippen LogP contribution in [0.3, 0.4) is 0 Å². The van der Waals surface area contributed by atoms with Crippen molar-refractivity contribution in [1.29, 1.82) is 0 Å². The maximum Gasteiger partial charge on any atom is 0.416 e. The van der Waals surface area contributed by atoms with Crippen molar-refractivity contribution in [3.8, 4) is 0 Å². The minimum Gasteiger partial charge on any atom is -0.443 e. The molecule has 0 N–H and O–H groups in total. The van der Waals surface area contributed by atoms with Gasteiger partial charge in [-0.2, -0.15) is 0 Å². The third-order valence-electron chi connectivity index (χ3n) is 4.62. The zero-order valence-electron chi connectivity index (χ0n) is 17.1. The molecule has 0 bridgehead atoms. The second-order valence-corrected chi connectivity index (χ2v) is 8.13. The van der Waals surface area contributed by atoms with Crippen LogP contribution < -0.4 is 4.90 Å². The van der Waals surface area contributed by atoms with Gasteiger partial charge in [0.05, 0.1) is 0 Å². The number of aromatic nitrogens is 1. The molecule has 1 atom stereocenters. The SMILES string of the molecule is CCCN(C(=O)OC(C)(C)C)c1ccc([C@@H]2CCCCN2CCC)cn1. The first-order chi connectivity index (χ1) is 12.4. The van der Waals surface area contributed by atoms with Crippen LogP contribution in [0.4, 0.5) is 10.6 Å². The maximum absolute atomic E-state index is 12.5. The molecule has 146 valence electrons. The monoisotopic (exact) mass is 361 g/mol. The van der Waals surface area contributed by atoms with Crippen LogP contribution in [-0.4, -0.2) is 41.2 Å². The minimum atomic E-state index is -0.508. The Balaban J connectivity index is 2.15. The van der Waals surface area contributed by atoms with Gasteiger partial charge >= 0.3 is 6.09 Å². The first-order valence-corrected chi connectivity index (χ1v) is 10.1. The highest BCUT2D eigenvalue weighted by molar-refractivity contribution is 5.86. The summed E-state index contributed by atoms with van der Waals surface area (Å²) in [7, 11) is 0. The number of carbonyl (C=O) groups excluding carboxylic acids is 1. The molecule has 0 spiro atoms. The summed E-state index contributed by atoms with van der Waals surface area (Å²) in [5.74, 6) is 0.669. The van der Waals surface area contributed by atoms with Gasteiger partial charge in [0.2, 0.25) is 0 Å². The number of likely N-dealkylation sites (tertiary alicyclic amines) is 1. The van der Waals surface area contributed by atoms with E-state index in [2.05, 4.69) is 29.8 Å². The molecule has 0 aliphatic carbocycles. The summed E-state index contributed by atoms with van der Waals surface area (Å²) in [5, 5.41) is 0. The molecule has 1 fully saturated rings. The Hall–Kier alpha value is -1.62. The van der Waals surface area contributed by atoms with Crippen LogP contribution in [0.1, 0.15) is 78.3 Å². The molecule has 0 unspecified atom stereocenters. The Morgan fingerprint density at radius 1 is 1.27 bits per heavy atom. The van der Waals surface area contributed by atoms with Gasteiger partial charge in [-0.3, -0.25) is 9.80 Å². The molecule has 1 aliphatic heterocycles. The highest BCUT2D eigenvalue weighted by atomic mass is 16.6. The molecule has 1 aromatic heterocycles. The lowest BCUT2D eigenvalue weighted by atomic mass is 9.96. The molecule has 0 radical (unpaired) electrons. The van der Waals surface area contributed by atoms with Gasteiger partial charge in [0, 0.05) is 18.8 Å². The summed E-state index contributed by atoms with van der Waals surface area (Å²) in [5.41, 5.74) is 0.744. The van der Waals surface area contributed by atoms with E-state index in [4.69, 9.17) is 4.74 Å². The predicted octanol–water partition coefficient (Wildman–Crippen LogP) is 5.17. The Kier molecular flexibility index (Phi) is 7.44. The van der Waals surface area contributed by atoms with Gasteiger partial charge in [0.25, 0.3) is 0 Å². The molecule has 2 rings (SSSR count). The van der Waals surface area contributed by atoms with Crippen LogP contribution in [0.5, 0.6) is 0 Å². The zero-order valence-corrected chi connectivity index (χ0v) is 17.1. The fraction of sp³-hybridized carbons (Fsp3) is 0.714. The van der Waals surface area contributed by atoms with Crippen molar-refractivity contribution in [3.63, 3.8) is 0 Å². The van der Waals surface area contributed by atoms with E-state index in [1.54, 1.807) is 4.90 Å². The van der Waals surface area contributed by atoms with Gasteiger partial charge in [-0.05, 0) is 71.2 Å². The lowest BCUT2D eigenvalue weighted by molar-refractivity contribution is 0.0579. The van der Waals surface area contributed by atoms with Crippen LogP contribution in [-0.2, 0) is 4.74 Å². The largest absolute Gasteiger partial charge is 0.443 e. The second kappa shape index (κ2) is 9.36. The number of nitrogens with zero attached hydrogens (tertiary/aromatic N) is 3. The Morgan fingerprint density at radius 2 is 2.04 bits per heavy atom. The smallest absolute Gasteiger partial charge is 0.416 e. The average molecular weight is 362 g/mol. The number of carbonyl (C=O) groups is 1. The van der Waals surface area contributed by atoms with Crippen LogP contribution >= 0.6 is 0 Å². The third kappa shape index (κ3) is 5.70.